The maximum absolute atomic E-state index is 13.3. The van der Waals surface area contributed by atoms with Crippen LogP contribution >= 0.6 is 0 Å². The van der Waals surface area contributed by atoms with Crippen molar-refractivity contribution in [3.63, 3.8) is 0 Å². The third-order valence-corrected chi connectivity index (χ3v) is 4.91. The molecule has 3 rings (SSSR count). The molecule has 2 amide bonds. The van der Waals surface area contributed by atoms with Crippen LogP contribution in [0.15, 0.2) is 34.7 Å². The van der Waals surface area contributed by atoms with Crippen molar-refractivity contribution < 1.29 is 22.8 Å². The number of nitrogens with one attached hydrogen (secondary N) is 1. The van der Waals surface area contributed by atoms with Gasteiger partial charge in [-0.3, -0.25) is 9.59 Å². The minimum Gasteiger partial charge on any atom is -0.459 e. The van der Waals surface area contributed by atoms with Gasteiger partial charge in [0.2, 0.25) is 6.41 Å². The molecule has 1 fully saturated rings. The van der Waals surface area contributed by atoms with Crippen LogP contribution in [0.3, 0.4) is 0 Å². The molecule has 1 saturated heterocycles. The van der Waals surface area contributed by atoms with Gasteiger partial charge in [-0.15, -0.1) is 0 Å². The summed E-state index contributed by atoms with van der Waals surface area (Å²) in [6, 6.07) is 8.74. The van der Waals surface area contributed by atoms with Gasteiger partial charge in [-0.05, 0) is 36.3 Å². The van der Waals surface area contributed by atoms with Crippen molar-refractivity contribution in [3.05, 3.63) is 57.9 Å². The van der Waals surface area contributed by atoms with E-state index in [1.54, 1.807) is 30.3 Å². The molecule has 1 aliphatic rings. The quantitative estimate of drug-likeness (QED) is 0.798. The largest absolute Gasteiger partial charge is 0.459 e. The van der Waals surface area contributed by atoms with E-state index in [1.165, 1.54) is 4.90 Å². The van der Waals surface area contributed by atoms with Crippen LogP contribution in [0.25, 0.3) is 12.2 Å². The lowest BCUT2D eigenvalue weighted by Gasteiger charge is -2.31. The molecule has 7 heteroatoms. The Morgan fingerprint density at radius 3 is 2.46 bits per heavy atom. The van der Waals surface area contributed by atoms with Gasteiger partial charge in [-0.2, -0.15) is 0 Å². The number of benzene rings is 1. The zero-order valence-electron chi connectivity index (χ0n) is 15.6. The third kappa shape index (κ3) is 4.30. The first kappa shape index (κ1) is 19.8. The van der Waals surface area contributed by atoms with Gasteiger partial charge in [0.1, 0.15) is 11.2 Å². The molecule has 1 aromatic carbocycles. The van der Waals surface area contributed by atoms with Crippen molar-refractivity contribution in [2.45, 2.75) is 32.2 Å². The van der Waals surface area contributed by atoms with Gasteiger partial charge in [-0.25, -0.2) is 8.78 Å². The van der Waals surface area contributed by atoms with Crippen LogP contribution in [0.4, 0.5) is 8.78 Å². The summed E-state index contributed by atoms with van der Waals surface area (Å²) in [7, 11) is 0. The molecule has 28 heavy (non-hydrogen) atoms. The molecule has 2 heterocycles. The molecule has 1 N–H and O–H groups in total. The zero-order chi connectivity index (χ0) is 20.3. The first-order valence-corrected chi connectivity index (χ1v) is 9.04. The zero-order valence-corrected chi connectivity index (χ0v) is 15.6. The molecular weight excluding hydrogens is 366 g/mol. The Labute approximate surface area is 161 Å². The standard InChI is InChI=1S/C21H22F2N2O3/c1-14-11-18(12-24-13-26)28-19(14)15(2)16-3-5-17(6-4-16)20(27)25-9-7-21(22,23)8-10-25/h3-6,11,13H,1,7-10,12H2,2H3,(H,24,26)/b19-15-. The lowest BCUT2D eigenvalue weighted by molar-refractivity contribution is -0.109. The number of alkyl halides is 2. The molecule has 0 atom stereocenters. The van der Waals surface area contributed by atoms with Gasteiger partial charge in [0.05, 0.1) is 6.54 Å². The first-order chi connectivity index (χ1) is 13.3. The Hall–Kier alpha value is -2.96. The number of hydrogen-bond donors (Lipinski definition) is 1. The molecule has 0 bridgehead atoms. The number of halogens is 2. The highest BCUT2D eigenvalue weighted by molar-refractivity contribution is 5.94. The molecule has 0 saturated carbocycles. The Kier molecular flexibility index (Phi) is 5.63. The average Bonchev–Trinajstić information content (AvgIpc) is 3.06. The summed E-state index contributed by atoms with van der Waals surface area (Å²) in [5, 5.41) is 3.24. The Morgan fingerprint density at radius 2 is 1.86 bits per heavy atom. The van der Waals surface area contributed by atoms with Gasteiger partial charge in [0.15, 0.2) is 0 Å². The van der Waals surface area contributed by atoms with Crippen LogP contribution in [0.2, 0.25) is 0 Å². The monoisotopic (exact) mass is 388 g/mol. The number of furan rings is 1. The van der Waals surface area contributed by atoms with E-state index in [-0.39, 0.29) is 38.4 Å². The lowest BCUT2D eigenvalue weighted by Crippen LogP contribution is -2.42. The van der Waals surface area contributed by atoms with Gasteiger partial charge in [0, 0.05) is 36.7 Å². The Morgan fingerprint density at radius 1 is 1.25 bits per heavy atom. The fourth-order valence-electron chi connectivity index (χ4n) is 3.25. The minimum absolute atomic E-state index is 0.0631. The van der Waals surface area contributed by atoms with Crippen molar-refractivity contribution in [1.82, 2.24) is 10.2 Å². The van der Waals surface area contributed by atoms with E-state index >= 15 is 0 Å². The summed E-state index contributed by atoms with van der Waals surface area (Å²) < 4.78 is 32.3. The Bertz CT molecular complexity index is 970. The van der Waals surface area contributed by atoms with Crippen LogP contribution in [0, 0.1) is 0 Å². The molecular formula is C21H22F2N2O3. The van der Waals surface area contributed by atoms with Crippen molar-refractivity contribution >= 4 is 24.5 Å². The highest BCUT2D eigenvalue weighted by Crippen LogP contribution is 2.28. The molecule has 1 aliphatic heterocycles. The highest BCUT2D eigenvalue weighted by Gasteiger charge is 2.35. The predicted molar refractivity (Wildman–Crippen MR) is 101 cm³/mol. The maximum atomic E-state index is 13.3. The van der Waals surface area contributed by atoms with Crippen LogP contribution < -0.4 is 16.0 Å². The number of amides is 2. The van der Waals surface area contributed by atoms with Crippen LogP contribution in [-0.2, 0) is 11.3 Å². The summed E-state index contributed by atoms with van der Waals surface area (Å²) >= 11 is 0. The number of rotatable bonds is 5. The number of piperidine rings is 1. The van der Waals surface area contributed by atoms with Crippen LogP contribution in [-0.4, -0.2) is 36.2 Å². The van der Waals surface area contributed by atoms with Gasteiger partial charge >= 0.3 is 0 Å². The molecule has 148 valence electrons. The smallest absolute Gasteiger partial charge is 0.253 e. The summed E-state index contributed by atoms with van der Waals surface area (Å²) in [6.07, 6.45) is 0.00623. The molecule has 1 aromatic heterocycles. The van der Waals surface area contributed by atoms with Crippen LogP contribution in [0.1, 0.15) is 41.4 Å². The van der Waals surface area contributed by atoms with Crippen molar-refractivity contribution in [2.75, 3.05) is 13.1 Å². The van der Waals surface area contributed by atoms with E-state index in [2.05, 4.69) is 11.9 Å². The van der Waals surface area contributed by atoms with E-state index in [4.69, 9.17) is 4.42 Å². The lowest BCUT2D eigenvalue weighted by atomic mass is 10.0. The predicted octanol–water partition coefficient (Wildman–Crippen LogP) is 2.03. The Balaban J connectivity index is 1.79. The normalized spacial score (nSPS) is 17.2. The van der Waals surface area contributed by atoms with E-state index < -0.39 is 5.92 Å². The molecule has 0 unspecified atom stereocenters. The number of carbonyl (C=O) groups is 2. The third-order valence-electron chi connectivity index (χ3n) is 4.91. The van der Waals surface area contributed by atoms with Crippen molar-refractivity contribution in [2.24, 2.45) is 0 Å². The van der Waals surface area contributed by atoms with E-state index in [0.29, 0.717) is 28.4 Å². The van der Waals surface area contributed by atoms with Crippen LogP contribution in [0.5, 0.6) is 0 Å². The number of likely N-dealkylation sites (tertiary alicyclic amines) is 1. The van der Waals surface area contributed by atoms with E-state index in [0.717, 1.165) is 11.1 Å². The van der Waals surface area contributed by atoms with Gasteiger partial charge < -0.3 is 14.6 Å². The molecule has 2 aromatic rings. The highest BCUT2D eigenvalue weighted by atomic mass is 19.3. The molecule has 5 nitrogen and oxygen atoms in total. The van der Waals surface area contributed by atoms with Crippen molar-refractivity contribution in [1.29, 1.82) is 0 Å². The van der Waals surface area contributed by atoms with Gasteiger partial charge in [0.25, 0.3) is 11.8 Å². The average molecular weight is 388 g/mol. The minimum atomic E-state index is -2.68. The van der Waals surface area contributed by atoms with Gasteiger partial charge in [-0.1, -0.05) is 18.7 Å². The first-order valence-electron chi connectivity index (χ1n) is 9.04. The summed E-state index contributed by atoms with van der Waals surface area (Å²) in [5.74, 6) is -2.32. The summed E-state index contributed by atoms with van der Waals surface area (Å²) in [4.78, 5) is 24.4. The van der Waals surface area contributed by atoms with Crippen molar-refractivity contribution in [3.8, 4) is 0 Å². The number of hydrogen-bond acceptors (Lipinski definition) is 3. The SMILES string of the molecule is C=c1cc(CNC=O)o/c1=C(/C)c1ccc(C(=O)N2CCC(F)(F)CC2)cc1. The van der Waals surface area contributed by atoms with E-state index in [1.807, 2.05) is 6.92 Å². The second-order valence-corrected chi connectivity index (χ2v) is 6.92. The topological polar surface area (TPSA) is 62.6 Å². The fraction of sp³-hybridized carbons (Fsp3) is 0.333. The summed E-state index contributed by atoms with van der Waals surface area (Å²) in [6.45, 7) is 6.25. The number of carbonyl (C=O) groups excluding carboxylic acids is 2. The molecule has 0 aliphatic carbocycles. The number of nitrogens with zero attached hydrogens (tertiary/aromatic N) is 1. The molecule has 0 radical (unpaired) electrons. The second kappa shape index (κ2) is 7.96. The fourth-order valence-corrected chi connectivity index (χ4v) is 3.25. The van der Waals surface area contributed by atoms with E-state index in [9.17, 15) is 18.4 Å². The summed E-state index contributed by atoms with van der Waals surface area (Å²) in [5.41, 5.74) is 2.78. The molecule has 0 spiro atoms. The maximum Gasteiger partial charge on any atom is 0.253 e. The second-order valence-electron chi connectivity index (χ2n) is 6.92.